The van der Waals surface area contributed by atoms with Crippen LogP contribution in [0.5, 0.6) is 0 Å². The molecule has 0 saturated heterocycles. The summed E-state index contributed by atoms with van der Waals surface area (Å²) < 4.78 is 4.66. The summed E-state index contributed by atoms with van der Waals surface area (Å²) in [5, 5.41) is 11.2. The maximum Gasteiger partial charge on any atom is 1.00 e. The molecule has 2 N–H and O–H groups in total. The van der Waals surface area contributed by atoms with Crippen LogP contribution >= 0.6 is 0 Å². The molecule has 1 unspecified atom stereocenters. The number of hydrogen-bond acceptors (Lipinski definition) is 5. The van der Waals surface area contributed by atoms with Gasteiger partial charge in [-0.1, -0.05) is 58.3 Å². The van der Waals surface area contributed by atoms with Crippen molar-refractivity contribution in [1.82, 2.24) is 5.32 Å². The van der Waals surface area contributed by atoms with Crippen molar-refractivity contribution in [3.63, 3.8) is 0 Å². The predicted molar refractivity (Wildman–Crippen MR) is 93.1 cm³/mol. The Kier molecular flexibility index (Phi) is 19.7. The Hall–Kier alpha value is -0.430. The first-order valence-electron chi connectivity index (χ1n) is 9.16. The van der Waals surface area contributed by atoms with Gasteiger partial charge in [-0.15, -0.1) is 0 Å². The molecular formula is C18H34NNaO5. The number of nitrogens with one attached hydrogen (secondary N) is 1. The summed E-state index contributed by atoms with van der Waals surface area (Å²) in [5.74, 6) is -1.68. The van der Waals surface area contributed by atoms with E-state index in [2.05, 4.69) is 17.0 Å². The first kappa shape index (κ1) is 26.8. The zero-order valence-electron chi connectivity index (χ0n) is 17.1. The van der Waals surface area contributed by atoms with Gasteiger partial charge >= 0.3 is 41.5 Å². The minimum absolute atomic E-state index is 0. The molecule has 0 rings (SSSR count). The smallest absolute Gasteiger partial charge is 1.00 e. The average Bonchev–Trinajstić information content (AvgIpc) is 2.50. The van der Waals surface area contributed by atoms with Crippen molar-refractivity contribution < 1.29 is 55.2 Å². The molecule has 0 aliphatic rings. The summed E-state index contributed by atoms with van der Waals surface area (Å²) in [4.78, 5) is 34.2. The van der Waals surface area contributed by atoms with Gasteiger partial charge in [0, 0.05) is 12.8 Å². The SMILES string of the molecule is CCCCCCCCCCCC(=O)OC(=O)CCC(=O)NC(C)O.[H-].[Na+]. The second-order valence-corrected chi connectivity index (χ2v) is 6.17. The minimum atomic E-state index is -0.957. The molecule has 0 aromatic carbocycles. The molecule has 1 atom stereocenters. The number of unbranched alkanes of at least 4 members (excludes halogenated alkanes) is 8. The Morgan fingerprint density at radius 3 is 1.88 bits per heavy atom. The Labute approximate surface area is 175 Å². The molecule has 7 heteroatoms. The number of carbonyl (C=O) groups is 3. The van der Waals surface area contributed by atoms with Gasteiger partial charge in [-0.25, -0.2) is 0 Å². The van der Waals surface area contributed by atoms with E-state index in [-0.39, 0.29) is 50.2 Å². The van der Waals surface area contributed by atoms with E-state index in [9.17, 15) is 14.4 Å². The standard InChI is InChI=1S/C18H33NO5.Na.H/c1-3-4-5-6-7-8-9-10-11-12-17(22)24-18(23)14-13-16(21)19-15(2)20;;/h15,20H,3-14H2,1-2H3,(H,19,21);;/q;+1;-1. The molecule has 25 heavy (non-hydrogen) atoms. The number of ether oxygens (including phenoxy) is 1. The monoisotopic (exact) mass is 367 g/mol. The van der Waals surface area contributed by atoms with Gasteiger partial charge in [0.1, 0.15) is 6.23 Å². The number of aliphatic hydroxyl groups excluding tert-OH is 1. The number of amides is 1. The van der Waals surface area contributed by atoms with Crippen LogP contribution in [0.4, 0.5) is 0 Å². The zero-order chi connectivity index (χ0) is 18.2. The van der Waals surface area contributed by atoms with E-state index < -0.39 is 24.1 Å². The van der Waals surface area contributed by atoms with Gasteiger partial charge < -0.3 is 16.6 Å². The molecule has 0 aliphatic heterocycles. The van der Waals surface area contributed by atoms with Crippen molar-refractivity contribution in [2.24, 2.45) is 0 Å². The van der Waals surface area contributed by atoms with Crippen LogP contribution in [0.1, 0.15) is 92.3 Å². The van der Waals surface area contributed by atoms with Crippen LogP contribution in [-0.2, 0) is 19.1 Å². The fourth-order valence-electron chi connectivity index (χ4n) is 2.33. The van der Waals surface area contributed by atoms with Gasteiger partial charge in [-0.3, -0.25) is 14.4 Å². The van der Waals surface area contributed by atoms with Crippen LogP contribution in [0.25, 0.3) is 0 Å². The topological polar surface area (TPSA) is 92.7 Å². The molecule has 142 valence electrons. The van der Waals surface area contributed by atoms with E-state index >= 15 is 0 Å². The van der Waals surface area contributed by atoms with Crippen LogP contribution in [0.3, 0.4) is 0 Å². The number of esters is 2. The Bertz CT molecular complexity index is 381. The first-order valence-corrected chi connectivity index (χ1v) is 9.16. The molecule has 0 aromatic rings. The third-order valence-electron chi connectivity index (χ3n) is 3.64. The summed E-state index contributed by atoms with van der Waals surface area (Å²) in [6, 6.07) is 0. The number of hydrogen-bond donors (Lipinski definition) is 2. The molecule has 0 aromatic heterocycles. The summed E-state index contributed by atoms with van der Waals surface area (Å²) in [6.45, 7) is 3.61. The molecule has 0 radical (unpaired) electrons. The minimum Gasteiger partial charge on any atom is -1.00 e. The maximum atomic E-state index is 11.5. The molecule has 0 heterocycles. The third kappa shape index (κ3) is 19.7. The molecule has 0 saturated carbocycles. The average molecular weight is 367 g/mol. The van der Waals surface area contributed by atoms with E-state index in [1.807, 2.05) is 0 Å². The number of carbonyl (C=O) groups excluding carboxylic acids is 3. The van der Waals surface area contributed by atoms with E-state index in [1.54, 1.807) is 0 Å². The van der Waals surface area contributed by atoms with Crippen molar-refractivity contribution in [3.05, 3.63) is 0 Å². The summed E-state index contributed by atoms with van der Waals surface area (Å²) in [5.41, 5.74) is 0. The van der Waals surface area contributed by atoms with Crippen molar-refractivity contribution >= 4 is 17.8 Å². The largest absolute Gasteiger partial charge is 1.00 e. The van der Waals surface area contributed by atoms with Gasteiger partial charge in [0.15, 0.2) is 0 Å². The van der Waals surface area contributed by atoms with Crippen molar-refractivity contribution in [1.29, 1.82) is 0 Å². The molecular weight excluding hydrogens is 333 g/mol. The van der Waals surface area contributed by atoms with Crippen molar-refractivity contribution in [2.75, 3.05) is 0 Å². The van der Waals surface area contributed by atoms with Gasteiger partial charge in [-0.05, 0) is 13.3 Å². The van der Waals surface area contributed by atoms with Crippen LogP contribution in [0.2, 0.25) is 0 Å². The van der Waals surface area contributed by atoms with Crippen LogP contribution < -0.4 is 34.9 Å². The molecule has 6 nitrogen and oxygen atoms in total. The first-order chi connectivity index (χ1) is 11.5. The van der Waals surface area contributed by atoms with Crippen molar-refractivity contribution in [2.45, 2.75) is 97.1 Å². The second-order valence-electron chi connectivity index (χ2n) is 6.17. The van der Waals surface area contributed by atoms with Gasteiger partial charge in [0.05, 0.1) is 6.42 Å². The molecule has 0 aliphatic carbocycles. The summed E-state index contributed by atoms with van der Waals surface area (Å²) >= 11 is 0. The molecule has 0 bridgehead atoms. The zero-order valence-corrected chi connectivity index (χ0v) is 18.1. The quantitative estimate of drug-likeness (QED) is 0.152. The molecule has 0 fully saturated rings. The summed E-state index contributed by atoms with van der Waals surface area (Å²) in [6.07, 6.45) is 9.40. The van der Waals surface area contributed by atoms with E-state index in [0.717, 1.165) is 19.3 Å². The second kappa shape index (κ2) is 18.4. The predicted octanol–water partition coefficient (Wildman–Crippen LogP) is 0.328. The van der Waals surface area contributed by atoms with Crippen LogP contribution in [-0.4, -0.2) is 29.2 Å². The Morgan fingerprint density at radius 1 is 0.880 bits per heavy atom. The van der Waals surface area contributed by atoms with Crippen molar-refractivity contribution in [3.8, 4) is 0 Å². The Morgan fingerprint density at radius 2 is 1.36 bits per heavy atom. The fourth-order valence-corrected chi connectivity index (χ4v) is 2.33. The van der Waals surface area contributed by atoms with Crippen LogP contribution in [0.15, 0.2) is 0 Å². The van der Waals surface area contributed by atoms with Gasteiger partial charge in [0.25, 0.3) is 0 Å². The number of rotatable bonds is 14. The van der Waals surface area contributed by atoms with E-state index in [4.69, 9.17) is 5.11 Å². The van der Waals surface area contributed by atoms with Gasteiger partial charge in [-0.2, -0.15) is 0 Å². The van der Waals surface area contributed by atoms with E-state index in [0.29, 0.717) is 0 Å². The molecule has 0 spiro atoms. The van der Waals surface area contributed by atoms with E-state index in [1.165, 1.54) is 45.4 Å². The normalized spacial score (nSPS) is 11.3. The summed E-state index contributed by atoms with van der Waals surface area (Å²) in [7, 11) is 0. The molecule has 1 amide bonds. The van der Waals surface area contributed by atoms with Gasteiger partial charge in [0.2, 0.25) is 5.91 Å². The number of aliphatic hydroxyl groups is 1. The van der Waals surface area contributed by atoms with Crippen LogP contribution in [0, 0.1) is 0 Å². The maximum absolute atomic E-state index is 11.5. The third-order valence-corrected chi connectivity index (χ3v) is 3.64. The Balaban J connectivity index is -0.00000264. The fraction of sp³-hybridized carbons (Fsp3) is 0.833.